The fraction of sp³-hybridized carbons (Fsp3) is 0.397. The molecule has 0 amide bonds. The van der Waals surface area contributed by atoms with Gasteiger partial charge in [-0.15, -0.1) is 0 Å². The Kier molecular flexibility index (Phi) is 23.9. The van der Waals surface area contributed by atoms with Gasteiger partial charge in [-0.3, -0.25) is 9.59 Å². The van der Waals surface area contributed by atoms with E-state index < -0.39 is 37.0 Å². The van der Waals surface area contributed by atoms with Crippen molar-refractivity contribution in [2.45, 2.75) is 138 Å². The van der Waals surface area contributed by atoms with Gasteiger partial charge < -0.3 is 35.8 Å². The number of halogens is 10. The third-order valence-corrected chi connectivity index (χ3v) is 26.6. The number of hydrogen-bond acceptors (Lipinski definition) is 10. The number of nitrogens with zero attached hydrogens (tertiary/aromatic N) is 6. The number of carbonyl (C=O) groups is 2. The molecule has 2 aliphatic carbocycles. The second-order valence-corrected chi connectivity index (χ2v) is 34.7. The lowest BCUT2D eigenvalue weighted by Gasteiger charge is -2.35. The Morgan fingerprint density at radius 3 is 1.37 bits per heavy atom. The van der Waals surface area contributed by atoms with E-state index in [0.29, 0.717) is 79.0 Å². The average Bonchev–Trinajstić information content (AvgIpc) is 1.59. The van der Waals surface area contributed by atoms with Gasteiger partial charge in [0.15, 0.2) is 0 Å². The van der Waals surface area contributed by atoms with E-state index in [0.717, 1.165) is 121 Å². The third-order valence-electron chi connectivity index (χ3n) is 21.8. The number of sulfonamides is 2. The van der Waals surface area contributed by atoms with Gasteiger partial charge in [-0.2, -0.15) is 35.0 Å². The number of Topliss-reactive ketones (excluding diaryl/α,β-unsaturated/α-hetero) is 2. The van der Waals surface area contributed by atoms with Crippen LogP contribution in [0.4, 0.5) is 35.1 Å². The molecule has 5 fully saturated rings. The fourth-order valence-corrected chi connectivity index (χ4v) is 18.3. The van der Waals surface area contributed by atoms with Crippen LogP contribution in [0.3, 0.4) is 0 Å². The van der Waals surface area contributed by atoms with Crippen molar-refractivity contribution in [1.29, 1.82) is 0 Å². The summed E-state index contributed by atoms with van der Waals surface area (Å²) in [5.41, 5.74) is 19.8. The van der Waals surface area contributed by atoms with Crippen molar-refractivity contribution in [3.63, 3.8) is 0 Å². The molecule has 0 unspecified atom stereocenters. The van der Waals surface area contributed by atoms with E-state index in [1.165, 1.54) is 0 Å². The predicted molar refractivity (Wildman–Crippen MR) is 422 cm³/mol. The first-order valence-corrected chi connectivity index (χ1v) is 40.6. The first-order chi connectivity index (χ1) is 51.0. The number of piperidine rings is 2. The van der Waals surface area contributed by atoms with Crippen molar-refractivity contribution in [3.05, 3.63) is 177 Å². The number of thiocarbonyl (C=S) groups is 3. The van der Waals surface area contributed by atoms with Crippen molar-refractivity contribution < 1.29 is 61.5 Å². The van der Waals surface area contributed by atoms with E-state index in [9.17, 15) is 61.5 Å². The Morgan fingerprint density at radius 2 is 0.926 bits per heavy atom. The Labute approximate surface area is 647 Å². The van der Waals surface area contributed by atoms with E-state index in [2.05, 4.69) is 9.47 Å². The topological polar surface area (TPSA) is 205 Å². The highest BCUT2D eigenvalue weighted by Crippen LogP contribution is 2.47. The molecular weight excluding hydrogens is 1540 g/mol. The molecule has 2 saturated carbocycles. The second kappa shape index (κ2) is 32.2. The van der Waals surface area contributed by atoms with Crippen molar-refractivity contribution in [1.82, 2.24) is 27.2 Å². The number of aromatic nitrogens is 3. The summed E-state index contributed by atoms with van der Waals surface area (Å²) in [6.07, 6.45) is 12.5. The maximum Gasteiger partial charge on any atom is 0.511 e. The van der Waals surface area contributed by atoms with Crippen LogP contribution < -0.4 is 17.2 Å². The standard InChI is InChI=1S/C28H30ClF3N4O3S2.C28H30F3N3O3S2.C22H21ClF2N2S/c1-34-14-20(15-34)24(37)8-6-17-5-7-22-23(18-3-2-4-19(13-18)27(33)40)16-36(26(22)25(17)29)21-9-11-35(12-10-21)41(38,39)28(30,31)32;29-28(30,31)39(36,37)33-13-11-22(12-14-33)34-17-24(20-5-2-6-21(16-20)27(32)38)23-9-7-18(15-25(23)34)8-10-26(35)19-3-1-4-19;1-13-5-6-17-18(14-3-2-4-15(11-14)21(26)28)12-27(20(17)19(13)23)16-7-9-22(24,25)10-8-16/h2-5,7,13,16,20-21H,6,8-12,14-15H2,1H3,(H2,33,40);2,5-7,9,15-17,19,22H,1,3-4,8,10-14H2,(H2,32,38);2-6,11-12,16H,7-10H2,1H3,(H2,26,28). The highest BCUT2D eigenvalue weighted by Gasteiger charge is 2.52. The summed E-state index contributed by atoms with van der Waals surface area (Å²) in [7, 11) is -8.78. The van der Waals surface area contributed by atoms with Crippen LogP contribution in [0.2, 0.25) is 10.0 Å². The Bertz CT molecular complexity index is 5200. The maximum atomic E-state index is 13.7. The summed E-state index contributed by atoms with van der Waals surface area (Å²) in [4.78, 5) is 28.1. The first-order valence-electron chi connectivity index (χ1n) is 35.7. The van der Waals surface area contributed by atoms with Crippen LogP contribution in [-0.4, -0.2) is 134 Å². The lowest BCUT2D eigenvalue weighted by molar-refractivity contribution is -0.127. The molecule has 108 heavy (non-hydrogen) atoms. The number of likely N-dealkylation sites (tertiary alicyclic amines) is 1. The van der Waals surface area contributed by atoms with E-state index >= 15 is 0 Å². The van der Waals surface area contributed by atoms with Gasteiger partial charge in [0.1, 0.15) is 26.5 Å². The van der Waals surface area contributed by atoms with Crippen LogP contribution in [0.1, 0.15) is 135 Å². The molecule has 0 atom stereocenters. The fourth-order valence-electron chi connectivity index (χ4n) is 15.4. The predicted octanol–water partition coefficient (Wildman–Crippen LogP) is 17.5. The molecule has 6 aromatic carbocycles. The van der Waals surface area contributed by atoms with Crippen molar-refractivity contribution in [3.8, 4) is 33.4 Å². The first kappa shape index (κ1) is 80.3. The molecule has 9 aromatic rings. The van der Waals surface area contributed by atoms with E-state index in [1.54, 1.807) is 0 Å². The van der Waals surface area contributed by atoms with Crippen LogP contribution in [0.25, 0.3) is 66.1 Å². The summed E-state index contributed by atoms with van der Waals surface area (Å²) in [5.74, 6) is -1.85. The highest BCUT2D eigenvalue weighted by molar-refractivity contribution is 7.90. The van der Waals surface area contributed by atoms with Crippen molar-refractivity contribution >= 4 is 139 Å². The average molecular weight is 1620 g/mol. The molecule has 5 aliphatic rings. The molecule has 3 aromatic heterocycles. The maximum absolute atomic E-state index is 13.7. The summed E-state index contributed by atoms with van der Waals surface area (Å²) in [6.45, 7) is 2.52. The molecule has 6 N–H and O–H groups in total. The Morgan fingerprint density at radius 1 is 0.519 bits per heavy atom. The van der Waals surface area contributed by atoms with Gasteiger partial charge in [0.2, 0.25) is 5.92 Å². The Balaban J connectivity index is 0.000000154. The number of fused-ring (bicyclic) bond motifs is 3. The second-order valence-electron chi connectivity index (χ2n) is 28.8. The van der Waals surface area contributed by atoms with Gasteiger partial charge in [-0.25, -0.2) is 25.6 Å². The van der Waals surface area contributed by atoms with Crippen LogP contribution in [0, 0.1) is 18.8 Å². The zero-order valence-electron chi connectivity index (χ0n) is 59.1. The molecule has 0 spiro atoms. The number of carbonyl (C=O) groups excluding carboxylic acids is 2. The molecular formula is C78H81Cl2F8N9O6S5. The molecule has 3 saturated heterocycles. The molecule has 15 nitrogen and oxygen atoms in total. The summed E-state index contributed by atoms with van der Waals surface area (Å²) < 4.78 is 161. The Hall–Kier alpha value is -7.25. The highest BCUT2D eigenvalue weighted by atomic mass is 35.5. The minimum atomic E-state index is -5.40. The quantitative estimate of drug-likeness (QED) is 0.0510. The van der Waals surface area contributed by atoms with E-state index in [4.69, 9.17) is 77.1 Å². The number of ketones is 2. The smallest absolute Gasteiger partial charge is 0.389 e. The van der Waals surface area contributed by atoms with Gasteiger partial charge in [0.25, 0.3) is 0 Å². The SMILES string of the molecule is CN1CC(C(=O)CCc2ccc3c(-c4cccc(C(N)=S)c4)cn(C4CCN(S(=O)(=O)C(F)(F)F)CC4)c3c2Cl)C1.Cc1ccc2c(-c3cccc(C(N)=S)c3)cn(C3CCC(F)(F)CC3)c2c1Cl.NC(=S)c1cccc(-c2cn(C3CCN(S(=O)(=O)C(F)(F)F)CC3)c3cc(CCC(=O)C4CCC4)ccc23)c1. The normalized spacial score (nSPS) is 17.7. The number of alkyl halides is 8. The third kappa shape index (κ3) is 17.0. The van der Waals surface area contributed by atoms with E-state index in [1.807, 2.05) is 157 Å². The van der Waals surface area contributed by atoms with Crippen LogP contribution in [0.15, 0.2) is 134 Å². The molecule has 14 rings (SSSR count). The molecule has 3 aliphatic heterocycles. The molecule has 0 radical (unpaired) electrons. The molecule has 6 heterocycles. The largest absolute Gasteiger partial charge is 0.511 e. The number of aryl methyl sites for hydroxylation is 3. The van der Waals surface area contributed by atoms with Crippen molar-refractivity contribution in [2.24, 2.45) is 29.0 Å². The van der Waals surface area contributed by atoms with Crippen LogP contribution in [-0.2, 0) is 42.5 Å². The van der Waals surface area contributed by atoms with Crippen molar-refractivity contribution in [2.75, 3.05) is 46.3 Å². The number of benzene rings is 6. The van der Waals surface area contributed by atoms with Gasteiger partial charge in [0, 0.05) is 169 Å². The molecule has 574 valence electrons. The van der Waals surface area contributed by atoms with Crippen LogP contribution >= 0.6 is 59.9 Å². The van der Waals surface area contributed by atoms with Gasteiger partial charge >= 0.3 is 31.1 Å². The summed E-state index contributed by atoms with van der Waals surface area (Å²) >= 11 is 29.1. The zero-order chi connectivity index (χ0) is 77.7. The number of rotatable bonds is 19. The summed E-state index contributed by atoms with van der Waals surface area (Å²) in [6, 6.07) is 36.3. The van der Waals surface area contributed by atoms with Crippen LogP contribution in [0.5, 0.6) is 0 Å². The van der Waals surface area contributed by atoms with E-state index in [-0.39, 0.29) is 110 Å². The number of nitrogens with two attached hydrogens (primary N) is 3. The molecule has 30 heteroatoms. The minimum Gasteiger partial charge on any atom is -0.389 e. The molecule has 0 bridgehead atoms. The van der Waals surface area contributed by atoms with Gasteiger partial charge in [-0.1, -0.05) is 157 Å². The summed E-state index contributed by atoms with van der Waals surface area (Å²) in [5, 5.41) is 3.94. The lowest BCUT2D eigenvalue weighted by Crippen LogP contribution is -2.47. The minimum absolute atomic E-state index is 0.00828. The zero-order valence-corrected chi connectivity index (χ0v) is 64.7. The monoisotopic (exact) mass is 1620 g/mol. The lowest BCUT2D eigenvalue weighted by atomic mass is 9.80. The van der Waals surface area contributed by atoms with Gasteiger partial charge in [0.05, 0.1) is 21.1 Å². The number of hydrogen-bond donors (Lipinski definition) is 3. The van der Waals surface area contributed by atoms with Gasteiger partial charge in [-0.05, 0) is 136 Å².